The van der Waals surface area contributed by atoms with Gasteiger partial charge in [-0.05, 0) is 33.5 Å². The summed E-state index contributed by atoms with van der Waals surface area (Å²) in [5.41, 5.74) is 0. The van der Waals surface area contributed by atoms with Crippen molar-refractivity contribution in [3.63, 3.8) is 0 Å². The average Bonchev–Trinajstić information content (AvgIpc) is 2.76. The van der Waals surface area contributed by atoms with Crippen LogP contribution in [0.2, 0.25) is 23.2 Å². The van der Waals surface area contributed by atoms with E-state index in [0.717, 1.165) is 0 Å². The maximum Gasteiger partial charge on any atom is 0.261 e. The van der Waals surface area contributed by atoms with Gasteiger partial charge in [0.1, 0.15) is 0 Å². The van der Waals surface area contributed by atoms with Gasteiger partial charge in [-0.15, -0.1) is 12.3 Å². The lowest BCUT2D eigenvalue weighted by molar-refractivity contribution is 0.0520. The molecular formula is C29H44O3Si2. The predicted octanol–water partition coefficient (Wildman–Crippen LogP) is 5.73. The summed E-state index contributed by atoms with van der Waals surface area (Å²) >= 11 is 0. The second-order valence-corrected chi connectivity index (χ2v) is 20.8. The summed E-state index contributed by atoms with van der Waals surface area (Å²) in [6.45, 7) is 18.1. The van der Waals surface area contributed by atoms with Crippen molar-refractivity contribution in [2.75, 3.05) is 6.61 Å². The minimum absolute atomic E-state index is 0.0936. The van der Waals surface area contributed by atoms with Crippen LogP contribution in [0.15, 0.2) is 60.7 Å². The molecular weight excluding hydrogens is 452 g/mol. The van der Waals surface area contributed by atoms with Gasteiger partial charge in [-0.25, -0.2) is 0 Å². The van der Waals surface area contributed by atoms with Gasteiger partial charge in [0.05, 0.1) is 18.8 Å². The van der Waals surface area contributed by atoms with Crippen molar-refractivity contribution in [1.29, 1.82) is 0 Å². The molecule has 2 atom stereocenters. The van der Waals surface area contributed by atoms with Gasteiger partial charge in [0, 0.05) is 12.8 Å². The maximum absolute atomic E-state index is 11.0. The molecule has 2 aromatic rings. The SMILES string of the molecule is C#CCC(C[C@H](O)CO[Si](C)(C)C(C)(C)C)O[Si](c1ccccc1)(c1ccccc1)C(C)(C)C. The highest BCUT2D eigenvalue weighted by Crippen LogP contribution is 2.39. The van der Waals surface area contributed by atoms with E-state index in [9.17, 15) is 5.11 Å². The average molecular weight is 497 g/mol. The lowest BCUT2D eigenvalue weighted by Gasteiger charge is -2.45. The van der Waals surface area contributed by atoms with Crippen molar-refractivity contribution in [2.45, 2.75) is 89.8 Å². The Bertz CT molecular complexity index is 882. The zero-order chi connectivity index (χ0) is 25.6. The first-order chi connectivity index (χ1) is 15.7. The molecule has 0 spiro atoms. The van der Waals surface area contributed by atoms with E-state index in [1.807, 2.05) is 12.1 Å². The second-order valence-electron chi connectivity index (χ2n) is 11.8. The number of hydrogen-bond acceptors (Lipinski definition) is 3. The number of aliphatic hydroxyl groups is 1. The summed E-state index contributed by atoms with van der Waals surface area (Å²) in [4.78, 5) is 0. The number of rotatable bonds is 10. The van der Waals surface area contributed by atoms with E-state index in [1.165, 1.54) is 10.4 Å². The molecule has 0 aliphatic rings. The van der Waals surface area contributed by atoms with Gasteiger partial charge in [-0.3, -0.25) is 0 Å². The Morgan fingerprint density at radius 3 is 1.71 bits per heavy atom. The lowest BCUT2D eigenvalue weighted by atomic mass is 10.1. The molecule has 0 radical (unpaired) electrons. The van der Waals surface area contributed by atoms with E-state index in [2.05, 4.69) is 109 Å². The fraction of sp³-hybridized carbons (Fsp3) is 0.517. The monoisotopic (exact) mass is 496 g/mol. The molecule has 0 saturated carbocycles. The molecule has 34 heavy (non-hydrogen) atoms. The van der Waals surface area contributed by atoms with Gasteiger partial charge in [0.2, 0.25) is 0 Å². The molecule has 2 rings (SSSR count). The minimum Gasteiger partial charge on any atom is -0.414 e. The molecule has 5 heteroatoms. The lowest BCUT2D eigenvalue weighted by Crippen LogP contribution is -2.67. The van der Waals surface area contributed by atoms with Crippen LogP contribution >= 0.6 is 0 Å². The van der Waals surface area contributed by atoms with Gasteiger partial charge in [0.25, 0.3) is 8.32 Å². The molecule has 1 N–H and O–H groups in total. The van der Waals surface area contributed by atoms with Crippen LogP contribution in [-0.2, 0) is 8.85 Å². The Balaban J connectivity index is 2.40. The van der Waals surface area contributed by atoms with E-state index in [4.69, 9.17) is 15.3 Å². The van der Waals surface area contributed by atoms with Crippen molar-refractivity contribution >= 4 is 27.0 Å². The second kappa shape index (κ2) is 11.4. The molecule has 0 heterocycles. The van der Waals surface area contributed by atoms with Crippen LogP contribution in [0.4, 0.5) is 0 Å². The number of hydrogen-bond donors (Lipinski definition) is 1. The van der Waals surface area contributed by atoms with Crippen LogP contribution in [0.3, 0.4) is 0 Å². The minimum atomic E-state index is -2.74. The summed E-state index contributed by atoms with van der Waals surface area (Å²) in [5, 5.41) is 13.3. The van der Waals surface area contributed by atoms with E-state index in [-0.39, 0.29) is 16.2 Å². The molecule has 0 saturated heterocycles. The third-order valence-electron chi connectivity index (χ3n) is 7.08. The summed E-state index contributed by atoms with van der Waals surface area (Å²) in [6, 6.07) is 21.1. The highest BCUT2D eigenvalue weighted by Gasteiger charge is 2.51. The van der Waals surface area contributed by atoms with Gasteiger partial charge in [0.15, 0.2) is 8.32 Å². The Labute approximate surface area is 210 Å². The van der Waals surface area contributed by atoms with Crippen molar-refractivity contribution in [2.24, 2.45) is 0 Å². The molecule has 186 valence electrons. The Kier molecular flexibility index (Phi) is 9.54. The van der Waals surface area contributed by atoms with Gasteiger partial charge in [-0.2, -0.15) is 0 Å². The standard InChI is InChI=1S/C29H44O3Si2/c1-10-17-25(22-24(30)23-31-33(8,9)28(2,3)4)32-34(29(5,6)7,26-18-13-11-14-19-26)27-20-15-12-16-21-27/h1,11-16,18-21,24-25,30H,17,22-23H2,2-9H3/t24-,25?/m0/s1. The van der Waals surface area contributed by atoms with Gasteiger partial charge < -0.3 is 14.0 Å². The smallest absolute Gasteiger partial charge is 0.261 e. The fourth-order valence-corrected chi connectivity index (χ4v) is 9.87. The fourth-order valence-electron chi connectivity index (χ4n) is 4.14. The Morgan fingerprint density at radius 1 is 0.853 bits per heavy atom. The van der Waals surface area contributed by atoms with E-state index < -0.39 is 22.7 Å². The summed E-state index contributed by atoms with van der Waals surface area (Å²) in [6.07, 6.45) is 5.78. The molecule has 1 unspecified atom stereocenters. The number of benzene rings is 2. The van der Waals surface area contributed by atoms with Crippen molar-refractivity contribution in [1.82, 2.24) is 0 Å². The van der Waals surface area contributed by atoms with E-state index in [1.54, 1.807) is 0 Å². The highest BCUT2D eigenvalue weighted by molar-refractivity contribution is 6.99. The number of terminal acetylenes is 1. The molecule has 0 fully saturated rings. The van der Waals surface area contributed by atoms with Crippen molar-refractivity contribution in [3.05, 3.63) is 60.7 Å². The van der Waals surface area contributed by atoms with Crippen LogP contribution in [0.1, 0.15) is 54.4 Å². The molecule has 0 aliphatic carbocycles. The Morgan fingerprint density at radius 2 is 1.32 bits per heavy atom. The van der Waals surface area contributed by atoms with Crippen LogP contribution in [0.5, 0.6) is 0 Å². The third kappa shape index (κ3) is 6.71. The van der Waals surface area contributed by atoms with Gasteiger partial charge >= 0.3 is 0 Å². The predicted molar refractivity (Wildman–Crippen MR) is 150 cm³/mol. The summed E-state index contributed by atoms with van der Waals surface area (Å²) in [7, 11) is -4.70. The van der Waals surface area contributed by atoms with Crippen molar-refractivity contribution < 1.29 is 14.0 Å². The van der Waals surface area contributed by atoms with Gasteiger partial charge in [-0.1, -0.05) is 102 Å². The molecule has 0 aliphatic heterocycles. The number of aliphatic hydroxyl groups excluding tert-OH is 1. The summed E-state index contributed by atoms with van der Waals surface area (Å²) in [5.74, 6) is 2.80. The van der Waals surface area contributed by atoms with E-state index >= 15 is 0 Å². The van der Waals surface area contributed by atoms with Crippen LogP contribution in [0.25, 0.3) is 0 Å². The third-order valence-corrected chi connectivity index (χ3v) is 16.7. The first kappa shape index (κ1) is 28.6. The molecule has 3 nitrogen and oxygen atoms in total. The topological polar surface area (TPSA) is 38.7 Å². The molecule has 0 bridgehead atoms. The zero-order valence-corrected chi connectivity index (χ0v) is 24.4. The zero-order valence-electron chi connectivity index (χ0n) is 22.4. The van der Waals surface area contributed by atoms with Crippen LogP contribution in [0, 0.1) is 12.3 Å². The first-order valence-electron chi connectivity index (χ1n) is 12.3. The quantitative estimate of drug-likeness (QED) is 0.337. The first-order valence-corrected chi connectivity index (χ1v) is 17.1. The molecule has 0 aromatic heterocycles. The largest absolute Gasteiger partial charge is 0.414 e. The molecule has 2 aromatic carbocycles. The van der Waals surface area contributed by atoms with Crippen LogP contribution < -0.4 is 10.4 Å². The van der Waals surface area contributed by atoms with E-state index in [0.29, 0.717) is 19.4 Å². The highest BCUT2D eigenvalue weighted by atomic mass is 28.4. The maximum atomic E-state index is 11.0. The van der Waals surface area contributed by atoms with Crippen LogP contribution in [-0.4, -0.2) is 40.6 Å². The summed E-state index contributed by atoms with van der Waals surface area (Å²) < 4.78 is 13.5. The molecule has 0 amide bonds. The Hall–Kier alpha value is -1.69. The normalized spacial score (nSPS) is 14.9. The van der Waals surface area contributed by atoms with Crippen molar-refractivity contribution in [3.8, 4) is 12.3 Å².